The summed E-state index contributed by atoms with van der Waals surface area (Å²) in [6, 6.07) is 2.50. The minimum Gasteiger partial charge on any atom is -0.367 e. The minimum absolute atomic E-state index is 0.0437. The van der Waals surface area contributed by atoms with E-state index in [0.29, 0.717) is 49.7 Å². The van der Waals surface area contributed by atoms with Gasteiger partial charge in [0, 0.05) is 49.7 Å². The highest BCUT2D eigenvalue weighted by Gasteiger charge is 2.37. The molecule has 7 nitrogen and oxygen atoms in total. The van der Waals surface area contributed by atoms with Crippen LogP contribution in [0.3, 0.4) is 0 Å². The molecule has 230 valence electrons. The molecular weight excluding hydrogens is 596 g/mol. The number of aromatic nitrogens is 1. The SMILES string of the molecule is Cc1sc(-c2c(F)cc(N3CCN(C)C(C)C3)c(NC(=O)c3ccc(F)cc3C(F)(F)F)c2F)nc1C(=O)N1CCCC1. The minimum atomic E-state index is -5.08. The summed E-state index contributed by atoms with van der Waals surface area (Å²) in [4.78, 5) is 36.2. The van der Waals surface area contributed by atoms with Crippen molar-refractivity contribution in [2.24, 2.45) is 0 Å². The predicted molar refractivity (Wildman–Crippen MR) is 151 cm³/mol. The molecule has 2 saturated heterocycles. The van der Waals surface area contributed by atoms with E-state index in [1.54, 1.807) is 16.7 Å². The van der Waals surface area contributed by atoms with E-state index in [4.69, 9.17) is 0 Å². The number of likely N-dealkylation sites (N-methyl/N-ethyl adjacent to an activating group) is 1. The van der Waals surface area contributed by atoms with E-state index in [0.717, 1.165) is 30.2 Å². The Morgan fingerprint density at radius 3 is 2.40 bits per heavy atom. The number of nitrogens with zero attached hydrogens (tertiary/aromatic N) is 4. The molecule has 0 saturated carbocycles. The molecule has 2 fully saturated rings. The van der Waals surface area contributed by atoms with Gasteiger partial charge in [0.25, 0.3) is 11.8 Å². The smallest absolute Gasteiger partial charge is 0.367 e. The van der Waals surface area contributed by atoms with Crippen LogP contribution in [0.2, 0.25) is 0 Å². The van der Waals surface area contributed by atoms with Crippen LogP contribution < -0.4 is 10.2 Å². The van der Waals surface area contributed by atoms with Gasteiger partial charge in [-0.3, -0.25) is 9.59 Å². The van der Waals surface area contributed by atoms with Crippen molar-refractivity contribution in [3.63, 3.8) is 0 Å². The summed E-state index contributed by atoms with van der Waals surface area (Å²) in [7, 11) is 1.88. The molecule has 0 bridgehead atoms. The van der Waals surface area contributed by atoms with Crippen molar-refractivity contribution < 1.29 is 35.9 Å². The van der Waals surface area contributed by atoms with Crippen LogP contribution in [0.25, 0.3) is 10.6 Å². The zero-order valence-electron chi connectivity index (χ0n) is 23.6. The molecule has 0 aliphatic carbocycles. The van der Waals surface area contributed by atoms with E-state index >= 15 is 8.78 Å². The summed E-state index contributed by atoms with van der Waals surface area (Å²) in [6.07, 6.45) is -3.40. The van der Waals surface area contributed by atoms with Gasteiger partial charge in [-0.25, -0.2) is 18.2 Å². The van der Waals surface area contributed by atoms with Crippen molar-refractivity contribution in [3.8, 4) is 10.6 Å². The van der Waals surface area contributed by atoms with Crippen LogP contribution in [0.15, 0.2) is 24.3 Å². The third-order valence-electron chi connectivity index (χ3n) is 7.87. The maximum absolute atomic E-state index is 16.4. The van der Waals surface area contributed by atoms with Crippen LogP contribution in [-0.2, 0) is 6.18 Å². The molecular formula is C29H29F6N5O2S. The molecule has 1 unspecified atom stereocenters. The maximum Gasteiger partial charge on any atom is 0.417 e. The van der Waals surface area contributed by atoms with Crippen LogP contribution in [0.4, 0.5) is 37.7 Å². The van der Waals surface area contributed by atoms with Gasteiger partial charge < -0.3 is 20.0 Å². The Labute approximate surface area is 248 Å². The summed E-state index contributed by atoms with van der Waals surface area (Å²) in [5.74, 6) is -5.17. The Kier molecular flexibility index (Phi) is 8.45. The highest BCUT2D eigenvalue weighted by Crippen LogP contribution is 2.41. The second kappa shape index (κ2) is 11.8. The number of carbonyl (C=O) groups is 2. The van der Waals surface area contributed by atoms with E-state index in [1.165, 1.54) is 0 Å². The fourth-order valence-corrected chi connectivity index (χ4v) is 6.29. The number of likely N-dealkylation sites (tertiary alicyclic amines) is 1. The zero-order valence-corrected chi connectivity index (χ0v) is 24.4. The van der Waals surface area contributed by atoms with Gasteiger partial charge in [-0.15, -0.1) is 11.3 Å². The Balaban J connectivity index is 1.61. The molecule has 3 heterocycles. The molecule has 43 heavy (non-hydrogen) atoms. The number of rotatable bonds is 5. The Bertz CT molecular complexity index is 1570. The molecule has 1 atom stereocenters. The average Bonchev–Trinajstić information content (AvgIpc) is 3.61. The lowest BCUT2D eigenvalue weighted by atomic mass is 10.0. The Hall–Kier alpha value is -3.65. The van der Waals surface area contributed by atoms with Gasteiger partial charge in [-0.1, -0.05) is 0 Å². The van der Waals surface area contributed by atoms with Gasteiger partial charge in [0.2, 0.25) is 0 Å². The fourth-order valence-electron chi connectivity index (χ4n) is 5.34. The highest BCUT2D eigenvalue weighted by molar-refractivity contribution is 7.15. The van der Waals surface area contributed by atoms with Crippen LogP contribution in [0.1, 0.15) is 51.1 Å². The first-order valence-electron chi connectivity index (χ1n) is 13.7. The van der Waals surface area contributed by atoms with Crippen LogP contribution in [0.5, 0.6) is 0 Å². The molecule has 0 radical (unpaired) electrons. The topological polar surface area (TPSA) is 68.8 Å². The standard InChI is InChI=1S/C29H29F6N5O2S/c1-15-14-40(11-10-38(15)3)21-13-20(31)22(27-37-24(16(2)43-27)28(42)39-8-4-5-9-39)23(32)25(21)36-26(41)18-7-6-17(30)12-19(18)29(33,34)35/h6-7,12-13,15H,4-5,8-11,14H2,1-3H3,(H,36,41). The van der Waals surface area contributed by atoms with E-state index in [-0.39, 0.29) is 34.4 Å². The van der Waals surface area contributed by atoms with Crippen LogP contribution >= 0.6 is 11.3 Å². The number of carbonyl (C=O) groups excluding carboxylic acids is 2. The van der Waals surface area contributed by atoms with E-state index in [2.05, 4.69) is 10.3 Å². The molecule has 1 N–H and O–H groups in total. The number of hydrogen-bond donors (Lipinski definition) is 1. The van der Waals surface area contributed by atoms with Crippen molar-refractivity contribution >= 4 is 34.5 Å². The summed E-state index contributed by atoms with van der Waals surface area (Å²) in [5.41, 5.74) is -3.64. The third kappa shape index (κ3) is 6.07. The number of benzene rings is 2. The van der Waals surface area contributed by atoms with Gasteiger partial charge in [0.15, 0.2) is 5.82 Å². The van der Waals surface area contributed by atoms with E-state index in [9.17, 15) is 27.2 Å². The molecule has 2 aliphatic heterocycles. The molecule has 3 aromatic rings. The molecule has 2 aromatic carbocycles. The zero-order chi connectivity index (χ0) is 31.2. The second-order valence-corrected chi connectivity index (χ2v) is 12.0. The number of thiazole rings is 1. The third-order valence-corrected chi connectivity index (χ3v) is 8.86. The number of nitrogens with one attached hydrogen (secondary N) is 1. The average molecular weight is 626 g/mol. The molecule has 5 rings (SSSR count). The van der Waals surface area contributed by atoms with Crippen molar-refractivity contribution in [3.05, 3.63) is 63.4 Å². The van der Waals surface area contributed by atoms with Crippen LogP contribution in [-0.4, -0.2) is 72.4 Å². The lowest BCUT2D eigenvalue weighted by Gasteiger charge is -2.39. The first kappa shape index (κ1) is 30.8. The second-order valence-electron chi connectivity index (χ2n) is 10.8. The molecule has 14 heteroatoms. The molecule has 1 aromatic heterocycles. The van der Waals surface area contributed by atoms with E-state index in [1.807, 2.05) is 18.9 Å². The first-order valence-corrected chi connectivity index (χ1v) is 14.5. The number of anilines is 2. The maximum atomic E-state index is 16.4. The van der Waals surface area contributed by atoms with Gasteiger partial charge >= 0.3 is 6.18 Å². The summed E-state index contributed by atoms with van der Waals surface area (Å²) in [6.45, 7) is 5.75. The predicted octanol–water partition coefficient (Wildman–Crippen LogP) is 6.18. The Morgan fingerprint density at radius 2 is 1.74 bits per heavy atom. The van der Waals surface area contributed by atoms with E-state index < -0.39 is 51.9 Å². The normalized spacial score (nSPS) is 17.9. The molecule has 2 aliphatic rings. The number of amides is 2. The monoisotopic (exact) mass is 625 g/mol. The summed E-state index contributed by atoms with van der Waals surface area (Å²) < 4.78 is 87.0. The quantitative estimate of drug-likeness (QED) is 0.343. The van der Waals surface area contributed by atoms with Crippen molar-refractivity contribution in [1.82, 2.24) is 14.8 Å². The fraction of sp³-hybridized carbons (Fsp3) is 0.414. The summed E-state index contributed by atoms with van der Waals surface area (Å²) >= 11 is 0.894. The van der Waals surface area contributed by atoms with Gasteiger partial charge in [-0.2, -0.15) is 13.2 Å². The van der Waals surface area contributed by atoms with Crippen LogP contribution in [0, 0.1) is 24.4 Å². The number of alkyl halides is 3. The number of piperazine rings is 1. The van der Waals surface area contributed by atoms with Crippen molar-refractivity contribution in [2.45, 2.75) is 38.9 Å². The highest BCUT2D eigenvalue weighted by atomic mass is 32.1. The largest absolute Gasteiger partial charge is 0.417 e. The van der Waals surface area contributed by atoms with Gasteiger partial charge in [0.05, 0.1) is 22.4 Å². The van der Waals surface area contributed by atoms with Gasteiger partial charge in [0.1, 0.15) is 28.0 Å². The number of aryl methyl sites for hydroxylation is 1. The van der Waals surface area contributed by atoms with Crippen molar-refractivity contribution in [2.75, 3.05) is 50.0 Å². The molecule has 0 spiro atoms. The lowest BCUT2D eigenvalue weighted by Crippen LogP contribution is -2.50. The lowest BCUT2D eigenvalue weighted by molar-refractivity contribution is -0.138. The number of halogens is 6. The van der Waals surface area contributed by atoms with Gasteiger partial charge in [-0.05, 0) is 51.9 Å². The summed E-state index contributed by atoms with van der Waals surface area (Å²) in [5, 5.41) is 2.07. The van der Waals surface area contributed by atoms with Crippen molar-refractivity contribution in [1.29, 1.82) is 0 Å². The Morgan fingerprint density at radius 1 is 1.05 bits per heavy atom. The molecule has 2 amide bonds. The first-order chi connectivity index (χ1) is 20.3. The number of hydrogen-bond acceptors (Lipinski definition) is 6.